The number of amides is 3. The number of carbonyl (C=O) groups is 3. The van der Waals surface area contributed by atoms with Crippen molar-refractivity contribution in [2.75, 3.05) is 23.4 Å². The second-order valence-corrected chi connectivity index (χ2v) is 10.8. The average Bonchev–Trinajstić information content (AvgIpc) is 3.63. The molecule has 12 heteroatoms. The molecule has 1 atom stereocenters. The highest BCUT2D eigenvalue weighted by Gasteiger charge is 2.60. The average molecular weight is 549 g/mol. The summed E-state index contributed by atoms with van der Waals surface area (Å²) in [5, 5.41) is 12.7. The zero-order valence-corrected chi connectivity index (χ0v) is 22.1. The van der Waals surface area contributed by atoms with E-state index in [0.717, 1.165) is 4.90 Å². The van der Waals surface area contributed by atoms with Crippen molar-refractivity contribution in [3.63, 3.8) is 0 Å². The van der Waals surface area contributed by atoms with Crippen molar-refractivity contribution < 1.29 is 37.4 Å². The first-order valence-corrected chi connectivity index (χ1v) is 12.4. The molecular weight excluding hydrogens is 517 g/mol. The SMILES string of the molecule is CN1C(=O)[C@H](NC(=O)C2(N(C(=O)O)C(C)(C)C)CC2)CN(Cc2ccc(OC(F)(F)F)cc2)c2ccccc21. The molecule has 39 heavy (non-hydrogen) atoms. The standard InChI is InChI=1S/C27H31F3N4O5/c1-25(2,3)34(24(37)38)26(13-14-26)23(36)31-19-16-33(21-8-6-5-7-20(21)32(4)22(19)35)15-17-9-11-18(12-10-17)39-27(28,29)30/h5-12,19H,13-16H2,1-4H3,(H,31,36)(H,37,38)/t19-/m1/s1. The lowest BCUT2D eigenvalue weighted by molar-refractivity contribution is -0.274. The highest BCUT2D eigenvalue weighted by atomic mass is 19.4. The molecule has 3 amide bonds. The van der Waals surface area contributed by atoms with Gasteiger partial charge in [0.25, 0.3) is 5.91 Å². The van der Waals surface area contributed by atoms with Gasteiger partial charge in [-0.1, -0.05) is 24.3 Å². The van der Waals surface area contributed by atoms with Gasteiger partial charge in [0.15, 0.2) is 0 Å². The Hall–Kier alpha value is -3.96. The highest BCUT2D eigenvalue weighted by molar-refractivity contribution is 6.04. The van der Waals surface area contributed by atoms with E-state index in [1.54, 1.807) is 46.0 Å². The summed E-state index contributed by atoms with van der Waals surface area (Å²) >= 11 is 0. The van der Waals surface area contributed by atoms with Crippen molar-refractivity contribution in [2.45, 2.75) is 63.6 Å². The van der Waals surface area contributed by atoms with Crippen LogP contribution in [0, 0.1) is 0 Å². The number of likely N-dealkylation sites (N-methyl/N-ethyl adjacent to an activating group) is 1. The Morgan fingerprint density at radius 1 is 1.08 bits per heavy atom. The quantitative estimate of drug-likeness (QED) is 0.556. The zero-order valence-electron chi connectivity index (χ0n) is 22.1. The summed E-state index contributed by atoms with van der Waals surface area (Å²) in [4.78, 5) is 43.6. The predicted molar refractivity (Wildman–Crippen MR) is 138 cm³/mol. The topological polar surface area (TPSA) is 102 Å². The van der Waals surface area contributed by atoms with Gasteiger partial charge in [0, 0.05) is 25.7 Å². The fraction of sp³-hybridized carbons (Fsp3) is 0.444. The van der Waals surface area contributed by atoms with Gasteiger partial charge in [-0.05, 0) is 63.4 Å². The summed E-state index contributed by atoms with van der Waals surface area (Å²) < 4.78 is 41.6. The third-order valence-corrected chi connectivity index (χ3v) is 6.89. The molecule has 1 fully saturated rings. The van der Waals surface area contributed by atoms with Gasteiger partial charge >= 0.3 is 12.5 Å². The molecule has 9 nitrogen and oxygen atoms in total. The normalized spacial score (nSPS) is 18.6. The lowest BCUT2D eigenvalue weighted by Gasteiger charge is -2.40. The molecule has 1 heterocycles. The number of alkyl halides is 3. The maximum Gasteiger partial charge on any atom is 0.573 e. The van der Waals surface area contributed by atoms with Gasteiger partial charge in [-0.3, -0.25) is 14.5 Å². The summed E-state index contributed by atoms with van der Waals surface area (Å²) in [5.41, 5.74) is -0.150. The second-order valence-electron chi connectivity index (χ2n) is 10.8. The number of halogens is 3. The molecule has 0 aromatic heterocycles. The predicted octanol–water partition coefficient (Wildman–Crippen LogP) is 4.36. The number of ether oxygens (including phenoxy) is 1. The highest BCUT2D eigenvalue weighted by Crippen LogP contribution is 2.46. The molecule has 2 aromatic carbocycles. The van der Waals surface area contributed by atoms with Crippen molar-refractivity contribution in [1.82, 2.24) is 10.2 Å². The van der Waals surface area contributed by atoms with Crippen LogP contribution >= 0.6 is 0 Å². The largest absolute Gasteiger partial charge is 0.573 e. The summed E-state index contributed by atoms with van der Waals surface area (Å²) in [7, 11) is 1.60. The number of nitrogens with zero attached hydrogens (tertiary/aromatic N) is 3. The van der Waals surface area contributed by atoms with Gasteiger partial charge in [-0.2, -0.15) is 0 Å². The number of nitrogens with one attached hydrogen (secondary N) is 1. The number of hydrogen-bond acceptors (Lipinski definition) is 5. The van der Waals surface area contributed by atoms with Gasteiger partial charge in [0.05, 0.1) is 11.4 Å². The molecule has 1 saturated carbocycles. The van der Waals surface area contributed by atoms with Crippen LogP contribution in [-0.2, 0) is 16.1 Å². The van der Waals surface area contributed by atoms with Gasteiger partial charge in [0.2, 0.25) is 5.91 Å². The van der Waals surface area contributed by atoms with Gasteiger partial charge in [0.1, 0.15) is 17.3 Å². The molecule has 0 spiro atoms. The molecule has 2 N–H and O–H groups in total. The molecule has 1 aliphatic heterocycles. The summed E-state index contributed by atoms with van der Waals surface area (Å²) in [6, 6.07) is 11.6. The lowest BCUT2D eigenvalue weighted by atomic mass is 10.0. The van der Waals surface area contributed by atoms with Crippen LogP contribution < -0.4 is 19.9 Å². The van der Waals surface area contributed by atoms with Gasteiger partial charge in [-0.15, -0.1) is 13.2 Å². The second kappa shape index (κ2) is 9.97. The number of benzene rings is 2. The van der Waals surface area contributed by atoms with E-state index in [2.05, 4.69) is 10.1 Å². The van der Waals surface area contributed by atoms with Crippen molar-refractivity contribution in [2.24, 2.45) is 0 Å². The monoisotopic (exact) mass is 548 g/mol. The maximum atomic E-state index is 13.5. The Morgan fingerprint density at radius 2 is 1.67 bits per heavy atom. The number of carbonyl (C=O) groups excluding carboxylic acids is 2. The maximum absolute atomic E-state index is 13.5. The van der Waals surface area contributed by atoms with Crippen LogP contribution in [0.4, 0.5) is 29.3 Å². The first kappa shape index (κ1) is 28.1. The Balaban J connectivity index is 1.61. The third kappa shape index (κ3) is 5.89. The molecule has 0 bridgehead atoms. The van der Waals surface area contributed by atoms with E-state index in [0.29, 0.717) is 29.8 Å². The van der Waals surface area contributed by atoms with E-state index in [4.69, 9.17) is 0 Å². The summed E-state index contributed by atoms with van der Waals surface area (Å²) in [6.45, 7) is 5.42. The van der Waals surface area contributed by atoms with Crippen molar-refractivity contribution in [1.29, 1.82) is 0 Å². The Morgan fingerprint density at radius 3 is 2.18 bits per heavy atom. The van der Waals surface area contributed by atoms with E-state index >= 15 is 0 Å². The van der Waals surface area contributed by atoms with Crippen molar-refractivity contribution >= 4 is 29.3 Å². The smallest absolute Gasteiger partial charge is 0.465 e. The molecule has 1 aliphatic carbocycles. The Labute approximate surface area is 224 Å². The third-order valence-electron chi connectivity index (χ3n) is 6.89. The first-order valence-electron chi connectivity index (χ1n) is 12.4. The van der Waals surface area contributed by atoms with Crippen LogP contribution in [0.3, 0.4) is 0 Å². The van der Waals surface area contributed by atoms with E-state index < -0.39 is 35.5 Å². The Kier molecular flexibility index (Phi) is 7.18. The zero-order chi connectivity index (χ0) is 28.8. The summed E-state index contributed by atoms with van der Waals surface area (Å²) in [6.07, 6.45) is -5.33. The molecule has 0 radical (unpaired) electrons. The molecule has 4 rings (SSSR count). The molecular formula is C27H31F3N4O5. The number of carboxylic acid groups (broad SMARTS) is 1. The van der Waals surface area contributed by atoms with Crippen LogP contribution in [0.15, 0.2) is 48.5 Å². The number of rotatable bonds is 6. The fourth-order valence-electron chi connectivity index (χ4n) is 5.11. The van der Waals surface area contributed by atoms with Crippen LogP contribution in [0.1, 0.15) is 39.2 Å². The first-order chi connectivity index (χ1) is 18.1. The van der Waals surface area contributed by atoms with E-state index in [1.165, 1.54) is 29.2 Å². The van der Waals surface area contributed by atoms with Crippen LogP contribution in [-0.4, -0.2) is 65.0 Å². The summed E-state index contributed by atoms with van der Waals surface area (Å²) in [5.74, 6) is -1.26. The Bertz CT molecular complexity index is 1260. The molecule has 2 aromatic rings. The van der Waals surface area contributed by atoms with Crippen molar-refractivity contribution in [3.8, 4) is 5.75 Å². The molecule has 210 valence electrons. The minimum absolute atomic E-state index is 0.0609. The van der Waals surface area contributed by atoms with E-state index in [1.807, 2.05) is 11.0 Å². The number of hydrogen-bond donors (Lipinski definition) is 2. The van der Waals surface area contributed by atoms with Crippen LogP contribution in [0.5, 0.6) is 5.75 Å². The lowest BCUT2D eigenvalue weighted by Crippen LogP contribution is -2.62. The minimum Gasteiger partial charge on any atom is -0.465 e. The number of para-hydroxylation sites is 2. The van der Waals surface area contributed by atoms with Gasteiger partial charge < -0.3 is 25.0 Å². The van der Waals surface area contributed by atoms with E-state index in [-0.39, 0.29) is 24.7 Å². The van der Waals surface area contributed by atoms with Crippen molar-refractivity contribution in [3.05, 3.63) is 54.1 Å². The molecule has 0 saturated heterocycles. The molecule has 0 unspecified atom stereocenters. The number of anilines is 2. The van der Waals surface area contributed by atoms with Crippen LogP contribution in [0.2, 0.25) is 0 Å². The fourth-order valence-corrected chi connectivity index (χ4v) is 5.11. The minimum atomic E-state index is -4.80. The number of fused-ring (bicyclic) bond motifs is 1. The van der Waals surface area contributed by atoms with Gasteiger partial charge in [-0.25, -0.2) is 4.79 Å². The van der Waals surface area contributed by atoms with E-state index in [9.17, 15) is 32.7 Å². The molecule has 2 aliphatic rings. The van der Waals surface area contributed by atoms with Crippen LogP contribution in [0.25, 0.3) is 0 Å².